The number of nitrogens with zero attached hydrogens (tertiary/aromatic N) is 6. The number of sulfonamides is 1. The van der Waals surface area contributed by atoms with E-state index in [1.165, 1.54) is 4.31 Å². The van der Waals surface area contributed by atoms with Crippen LogP contribution in [0.1, 0.15) is 66.6 Å². The number of hydrogen-bond acceptors (Lipinski definition) is 9. The molecule has 1 aliphatic heterocycles. The molecule has 4 aromatic rings. The van der Waals surface area contributed by atoms with Crippen LogP contribution in [0, 0.1) is 26.2 Å². The van der Waals surface area contributed by atoms with Gasteiger partial charge in [-0.25, -0.2) is 18.1 Å². The maximum Gasteiger partial charge on any atom is 0.310 e. The molecule has 0 radical (unpaired) electrons. The molecule has 1 aromatic carbocycles. The monoisotopic (exact) mass is 636 g/mol. The van der Waals surface area contributed by atoms with Crippen molar-refractivity contribution in [2.24, 2.45) is 5.41 Å². The number of fused-ring (bicyclic) bond motifs is 2. The summed E-state index contributed by atoms with van der Waals surface area (Å²) in [5.74, 6) is -1.55. The zero-order valence-electron chi connectivity index (χ0n) is 26.6. The van der Waals surface area contributed by atoms with E-state index in [0.717, 1.165) is 16.6 Å². The molecule has 0 bridgehead atoms. The minimum atomic E-state index is -4.04. The van der Waals surface area contributed by atoms with Gasteiger partial charge in [0.25, 0.3) is 0 Å². The molecule has 0 unspecified atom stereocenters. The molecule has 13 heteroatoms. The minimum Gasteiger partial charge on any atom is -0.481 e. The Labute approximate surface area is 263 Å². The minimum absolute atomic E-state index is 0.0000990. The van der Waals surface area contributed by atoms with Gasteiger partial charge in [-0.15, -0.1) is 5.10 Å². The standard InChI is InChI=1S/C32H40N6O6S/c1-7-38-26-10-9-25(21(3)29(26)35-36-38)28(32(5,6)31(39)40)23-16-24(22(4)33-18-23)19-37-11-8-12-43-13-14-44-30-27(45(37,41)42)15-20(2)17-34-30/h9-10,15-18,28H,7-8,11-14,19H2,1-6H3,(H,39,40)/t28-/m0/s1. The van der Waals surface area contributed by atoms with Crippen molar-refractivity contribution in [2.75, 3.05) is 26.4 Å². The number of aryl methyl sites for hydroxylation is 4. The molecule has 45 heavy (non-hydrogen) atoms. The van der Waals surface area contributed by atoms with E-state index in [2.05, 4.69) is 20.3 Å². The van der Waals surface area contributed by atoms with Gasteiger partial charge in [0, 0.05) is 50.2 Å². The molecule has 1 N–H and O–H groups in total. The molecule has 0 amide bonds. The molecule has 5 rings (SSSR count). The number of rotatable bonds is 7. The molecule has 1 aliphatic rings. The predicted molar refractivity (Wildman–Crippen MR) is 168 cm³/mol. The normalized spacial score (nSPS) is 16.8. The number of carboxylic acids is 1. The molecule has 240 valence electrons. The first-order valence-corrected chi connectivity index (χ1v) is 16.5. The lowest BCUT2D eigenvalue weighted by Crippen LogP contribution is -2.34. The largest absolute Gasteiger partial charge is 0.481 e. The summed E-state index contributed by atoms with van der Waals surface area (Å²) in [4.78, 5) is 21.7. The fraction of sp³-hybridized carbons (Fsp3) is 0.469. The number of ether oxygens (including phenoxy) is 2. The average Bonchev–Trinajstić information content (AvgIpc) is 3.42. The van der Waals surface area contributed by atoms with E-state index < -0.39 is 27.3 Å². The van der Waals surface area contributed by atoms with Crippen LogP contribution in [0.4, 0.5) is 0 Å². The van der Waals surface area contributed by atoms with E-state index in [4.69, 9.17) is 9.47 Å². The summed E-state index contributed by atoms with van der Waals surface area (Å²) in [6.07, 6.45) is 3.74. The summed E-state index contributed by atoms with van der Waals surface area (Å²) in [7, 11) is -4.04. The van der Waals surface area contributed by atoms with Gasteiger partial charge in [-0.2, -0.15) is 4.31 Å². The van der Waals surface area contributed by atoms with Crippen LogP contribution in [0.25, 0.3) is 11.0 Å². The Balaban J connectivity index is 1.61. The quantitative estimate of drug-likeness (QED) is 0.309. The van der Waals surface area contributed by atoms with E-state index in [1.54, 1.807) is 43.9 Å². The highest BCUT2D eigenvalue weighted by molar-refractivity contribution is 7.89. The fourth-order valence-electron chi connectivity index (χ4n) is 5.83. The highest BCUT2D eigenvalue weighted by atomic mass is 32.2. The third-order valence-corrected chi connectivity index (χ3v) is 10.3. The van der Waals surface area contributed by atoms with Crippen LogP contribution in [0.5, 0.6) is 5.88 Å². The molecule has 12 nitrogen and oxygen atoms in total. The molecule has 0 aliphatic carbocycles. The van der Waals surface area contributed by atoms with Gasteiger partial charge in [-0.3, -0.25) is 9.78 Å². The van der Waals surface area contributed by atoms with Gasteiger partial charge in [-0.05, 0) is 87.9 Å². The van der Waals surface area contributed by atoms with Crippen LogP contribution in [0.3, 0.4) is 0 Å². The van der Waals surface area contributed by atoms with E-state index in [1.807, 2.05) is 39.0 Å². The number of carboxylic acid groups (broad SMARTS) is 1. The highest BCUT2D eigenvalue weighted by Crippen LogP contribution is 2.44. The lowest BCUT2D eigenvalue weighted by Gasteiger charge is -2.33. The number of aliphatic carboxylic acids is 1. The second-order valence-electron chi connectivity index (χ2n) is 12.0. The highest BCUT2D eigenvalue weighted by Gasteiger charge is 2.41. The second kappa shape index (κ2) is 12.8. The smallest absolute Gasteiger partial charge is 0.310 e. The Morgan fingerprint density at radius 1 is 1.09 bits per heavy atom. The molecule has 4 heterocycles. The Hall–Kier alpha value is -3.94. The van der Waals surface area contributed by atoms with Crippen LogP contribution in [-0.4, -0.2) is 75.1 Å². The maximum absolute atomic E-state index is 14.2. The Kier molecular flexibility index (Phi) is 9.24. The van der Waals surface area contributed by atoms with Crippen molar-refractivity contribution >= 4 is 27.0 Å². The van der Waals surface area contributed by atoms with E-state index in [9.17, 15) is 18.3 Å². The number of carbonyl (C=O) groups is 1. The third kappa shape index (κ3) is 6.29. The molecular weight excluding hydrogens is 596 g/mol. The van der Waals surface area contributed by atoms with Gasteiger partial charge >= 0.3 is 5.97 Å². The Morgan fingerprint density at radius 2 is 1.87 bits per heavy atom. The second-order valence-corrected chi connectivity index (χ2v) is 13.9. The molecule has 1 atom stereocenters. The summed E-state index contributed by atoms with van der Waals surface area (Å²) in [6.45, 7) is 12.7. The molecule has 0 saturated carbocycles. The summed E-state index contributed by atoms with van der Waals surface area (Å²) < 4.78 is 42.9. The van der Waals surface area contributed by atoms with Gasteiger partial charge in [0.15, 0.2) is 0 Å². The average molecular weight is 637 g/mol. The predicted octanol–water partition coefficient (Wildman–Crippen LogP) is 4.40. The van der Waals surface area contributed by atoms with Crippen molar-refractivity contribution in [2.45, 2.75) is 71.9 Å². The van der Waals surface area contributed by atoms with Gasteiger partial charge in [0.05, 0.1) is 17.5 Å². The first-order chi connectivity index (χ1) is 21.4. The van der Waals surface area contributed by atoms with Crippen molar-refractivity contribution in [1.82, 2.24) is 29.3 Å². The van der Waals surface area contributed by atoms with Crippen molar-refractivity contribution in [3.05, 3.63) is 70.2 Å². The molecule has 0 spiro atoms. The van der Waals surface area contributed by atoms with Gasteiger partial charge in [-0.1, -0.05) is 17.3 Å². The zero-order valence-corrected chi connectivity index (χ0v) is 27.4. The number of benzene rings is 1. The van der Waals surface area contributed by atoms with Crippen LogP contribution < -0.4 is 4.74 Å². The first-order valence-electron chi connectivity index (χ1n) is 15.0. The lowest BCUT2D eigenvalue weighted by atomic mass is 9.70. The topological polar surface area (TPSA) is 150 Å². The summed E-state index contributed by atoms with van der Waals surface area (Å²) in [6, 6.07) is 7.32. The van der Waals surface area contributed by atoms with Crippen LogP contribution in [0.2, 0.25) is 0 Å². The van der Waals surface area contributed by atoms with Crippen LogP contribution in [0.15, 0.2) is 41.6 Å². The van der Waals surface area contributed by atoms with Crippen molar-refractivity contribution in [1.29, 1.82) is 0 Å². The summed E-state index contributed by atoms with van der Waals surface area (Å²) in [5, 5.41) is 19.1. The zero-order chi connectivity index (χ0) is 32.5. The molecule has 3 aromatic heterocycles. The van der Waals surface area contributed by atoms with E-state index in [0.29, 0.717) is 54.1 Å². The fourth-order valence-corrected chi connectivity index (χ4v) is 7.46. The number of aromatic nitrogens is 5. The van der Waals surface area contributed by atoms with Crippen molar-refractivity contribution in [3.63, 3.8) is 0 Å². The van der Waals surface area contributed by atoms with Gasteiger partial charge in [0.1, 0.15) is 17.0 Å². The van der Waals surface area contributed by atoms with Gasteiger partial charge in [0.2, 0.25) is 15.9 Å². The lowest BCUT2D eigenvalue weighted by molar-refractivity contribution is -0.147. The van der Waals surface area contributed by atoms with E-state index in [-0.39, 0.29) is 30.5 Å². The summed E-state index contributed by atoms with van der Waals surface area (Å²) in [5.41, 5.74) is 4.62. The SMILES string of the molecule is CCn1nnc2c(C)c([C@H](c3cnc(C)c(CN4CCCOCCOc5ncc(C)cc5S4(=O)=O)c3)C(C)(C)C(=O)O)ccc21. The van der Waals surface area contributed by atoms with Crippen LogP contribution >= 0.6 is 0 Å². The first kappa shape index (κ1) is 32.5. The van der Waals surface area contributed by atoms with Gasteiger partial charge < -0.3 is 14.6 Å². The van der Waals surface area contributed by atoms with Crippen molar-refractivity contribution < 1.29 is 27.8 Å². The van der Waals surface area contributed by atoms with E-state index >= 15 is 0 Å². The number of hydrogen-bond donors (Lipinski definition) is 1. The molecule has 0 saturated heterocycles. The number of pyridine rings is 2. The maximum atomic E-state index is 14.2. The molecule has 0 fully saturated rings. The molecular formula is C32H40N6O6S. The Bertz CT molecular complexity index is 1840. The van der Waals surface area contributed by atoms with Crippen LogP contribution in [-0.2, 0) is 32.6 Å². The third-order valence-electron chi connectivity index (χ3n) is 8.49. The summed E-state index contributed by atoms with van der Waals surface area (Å²) >= 11 is 0. The Morgan fingerprint density at radius 3 is 2.60 bits per heavy atom. The van der Waals surface area contributed by atoms with Crippen molar-refractivity contribution in [3.8, 4) is 5.88 Å².